The number of rotatable bonds is 10. The first-order valence-electron chi connectivity index (χ1n) is 10.1. The number of thioether (sulfide) groups is 1. The summed E-state index contributed by atoms with van der Waals surface area (Å²) in [6.45, 7) is 2.44. The molecule has 1 saturated heterocycles. The zero-order valence-corrected chi connectivity index (χ0v) is 19.7. The molecule has 0 radical (unpaired) electrons. The van der Waals surface area contributed by atoms with Crippen LogP contribution in [0.5, 0.6) is 11.5 Å². The van der Waals surface area contributed by atoms with Gasteiger partial charge in [0.2, 0.25) is 0 Å². The van der Waals surface area contributed by atoms with Crippen molar-refractivity contribution in [1.29, 1.82) is 0 Å². The van der Waals surface area contributed by atoms with Crippen LogP contribution in [0, 0.1) is 0 Å². The predicted molar refractivity (Wildman–Crippen MR) is 128 cm³/mol. The maximum absolute atomic E-state index is 12.5. The Morgan fingerprint density at radius 1 is 1.15 bits per heavy atom. The summed E-state index contributed by atoms with van der Waals surface area (Å²) in [5.74, 6) is 0.0791. The lowest BCUT2D eigenvalue weighted by Crippen LogP contribution is -2.31. The molecule has 33 heavy (non-hydrogen) atoms. The van der Waals surface area contributed by atoms with Crippen molar-refractivity contribution in [2.24, 2.45) is 0 Å². The van der Waals surface area contributed by atoms with Gasteiger partial charge < -0.3 is 19.5 Å². The number of carbonyl (C=O) groups is 3. The predicted octanol–water partition coefficient (Wildman–Crippen LogP) is 4.44. The molecule has 1 aliphatic rings. The van der Waals surface area contributed by atoms with Crippen molar-refractivity contribution in [3.05, 3.63) is 58.0 Å². The topological polar surface area (TPSA) is 94.2 Å². The van der Waals surface area contributed by atoms with E-state index in [9.17, 15) is 14.4 Å². The largest absolute Gasteiger partial charge is 0.490 e. The molecule has 3 amide bonds. The molecule has 10 heteroatoms. The molecule has 8 nitrogen and oxygen atoms in total. The molecule has 1 heterocycles. The smallest absolute Gasteiger partial charge is 0.293 e. The summed E-state index contributed by atoms with van der Waals surface area (Å²) in [6.07, 6.45) is 1.62. The van der Waals surface area contributed by atoms with Gasteiger partial charge in [-0.1, -0.05) is 23.7 Å². The van der Waals surface area contributed by atoms with Crippen LogP contribution >= 0.6 is 23.4 Å². The van der Waals surface area contributed by atoms with Crippen molar-refractivity contribution in [2.45, 2.75) is 6.92 Å². The fourth-order valence-electron chi connectivity index (χ4n) is 2.94. The zero-order chi connectivity index (χ0) is 23.8. The summed E-state index contributed by atoms with van der Waals surface area (Å²) in [6, 6.07) is 11.9. The van der Waals surface area contributed by atoms with Crippen LogP contribution in [0.4, 0.5) is 10.5 Å². The van der Waals surface area contributed by atoms with Gasteiger partial charge in [-0.15, -0.1) is 0 Å². The average molecular weight is 491 g/mol. The van der Waals surface area contributed by atoms with E-state index in [1.807, 2.05) is 6.92 Å². The standard InChI is InChI=1S/C23H23ClN2O6S/c1-3-31-19-11-15(12-20-22(28)26(9-10-30-2)23(29)33-20)7-8-18(19)32-14-21(27)25-17-6-4-5-16(24)13-17/h4-8,11-13H,3,9-10,14H2,1-2H3,(H,25,27)/b20-12+. The Labute approximate surface area is 200 Å². The fraction of sp³-hybridized carbons (Fsp3) is 0.261. The molecule has 0 bridgehead atoms. The zero-order valence-electron chi connectivity index (χ0n) is 18.1. The first-order chi connectivity index (χ1) is 15.9. The van der Waals surface area contributed by atoms with E-state index in [2.05, 4.69) is 5.32 Å². The number of benzene rings is 2. The molecule has 0 spiro atoms. The van der Waals surface area contributed by atoms with E-state index in [4.69, 9.17) is 25.8 Å². The Kier molecular flexibility index (Phi) is 8.76. The summed E-state index contributed by atoms with van der Waals surface area (Å²) in [5.41, 5.74) is 1.22. The van der Waals surface area contributed by atoms with Gasteiger partial charge in [0.15, 0.2) is 18.1 Å². The molecule has 2 aromatic carbocycles. The Balaban J connectivity index is 1.69. The van der Waals surface area contributed by atoms with Gasteiger partial charge in [0.25, 0.3) is 17.1 Å². The number of nitrogens with one attached hydrogen (secondary N) is 1. The number of amides is 3. The highest BCUT2D eigenvalue weighted by Gasteiger charge is 2.34. The molecular formula is C23H23ClN2O6S. The first kappa shape index (κ1) is 24.6. The average Bonchev–Trinajstić information content (AvgIpc) is 3.04. The summed E-state index contributed by atoms with van der Waals surface area (Å²) in [7, 11) is 1.51. The van der Waals surface area contributed by atoms with Crippen LogP contribution in [0.1, 0.15) is 12.5 Å². The summed E-state index contributed by atoms with van der Waals surface area (Å²) in [4.78, 5) is 38.3. The molecule has 1 N–H and O–H groups in total. The second-order valence-corrected chi connectivity index (χ2v) is 8.24. The van der Waals surface area contributed by atoms with Crippen molar-refractivity contribution in [3.63, 3.8) is 0 Å². The van der Waals surface area contributed by atoms with E-state index in [1.54, 1.807) is 48.5 Å². The Bertz CT molecular complexity index is 1070. The second kappa shape index (κ2) is 11.7. The Hall–Kier alpha value is -3.01. The van der Waals surface area contributed by atoms with E-state index < -0.39 is 0 Å². The van der Waals surface area contributed by atoms with Crippen molar-refractivity contribution in [3.8, 4) is 11.5 Å². The number of halogens is 1. The molecule has 0 atom stereocenters. The molecule has 3 rings (SSSR count). The third kappa shape index (κ3) is 6.74. The van der Waals surface area contributed by atoms with Crippen LogP contribution in [0.15, 0.2) is 47.4 Å². The normalized spacial score (nSPS) is 14.6. The van der Waals surface area contributed by atoms with Gasteiger partial charge in [0.1, 0.15) is 0 Å². The van der Waals surface area contributed by atoms with Gasteiger partial charge >= 0.3 is 0 Å². The van der Waals surface area contributed by atoms with E-state index in [0.717, 1.165) is 16.7 Å². The third-order valence-electron chi connectivity index (χ3n) is 4.43. The summed E-state index contributed by atoms with van der Waals surface area (Å²) in [5, 5.41) is 2.89. The van der Waals surface area contributed by atoms with E-state index in [-0.39, 0.29) is 36.8 Å². The fourth-order valence-corrected chi connectivity index (χ4v) is 3.99. The molecule has 1 aliphatic heterocycles. The van der Waals surface area contributed by atoms with Gasteiger partial charge in [0, 0.05) is 17.8 Å². The lowest BCUT2D eigenvalue weighted by molar-refractivity contribution is -0.123. The van der Waals surface area contributed by atoms with E-state index in [0.29, 0.717) is 39.3 Å². The minimum atomic E-state index is -0.363. The van der Waals surface area contributed by atoms with Gasteiger partial charge in [-0.3, -0.25) is 19.3 Å². The highest BCUT2D eigenvalue weighted by Crippen LogP contribution is 2.34. The molecule has 0 aromatic heterocycles. The van der Waals surface area contributed by atoms with Crippen molar-refractivity contribution >= 4 is 52.2 Å². The Morgan fingerprint density at radius 2 is 1.97 bits per heavy atom. The van der Waals surface area contributed by atoms with Crippen LogP contribution in [0.3, 0.4) is 0 Å². The van der Waals surface area contributed by atoms with Crippen molar-refractivity contribution in [1.82, 2.24) is 4.90 Å². The number of hydrogen-bond acceptors (Lipinski definition) is 7. The molecule has 0 aliphatic carbocycles. The molecule has 174 valence electrons. The minimum absolute atomic E-state index is 0.201. The minimum Gasteiger partial charge on any atom is -0.490 e. The van der Waals surface area contributed by atoms with Gasteiger partial charge in [-0.05, 0) is 60.7 Å². The highest BCUT2D eigenvalue weighted by atomic mass is 35.5. The van der Waals surface area contributed by atoms with Crippen LogP contribution < -0.4 is 14.8 Å². The van der Waals surface area contributed by atoms with Crippen molar-refractivity contribution in [2.75, 3.05) is 38.8 Å². The number of ether oxygens (including phenoxy) is 3. The number of methoxy groups -OCH3 is 1. The van der Waals surface area contributed by atoms with Crippen LogP contribution in [-0.2, 0) is 14.3 Å². The number of carbonyl (C=O) groups excluding carboxylic acids is 3. The van der Waals surface area contributed by atoms with E-state index in [1.165, 1.54) is 7.11 Å². The van der Waals surface area contributed by atoms with Crippen LogP contribution in [-0.4, -0.2) is 55.4 Å². The van der Waals surface area contributed by atoms with Crippen LogP contribution in [0.25, 0.3) is 6.08 Å². The maximum Gasteiger partial charge on any atom is 0.293 e. The molecule has 0 unspecified atom stereocenters. The number of anilines is 1. The monoisotopic (exact) mass is 490 g/mol. The van der Waals surface area contributed by atoms with Gasteiger partial charge in [0.05, 0.1) is 24.7 Å². The first-order valence-corrected chi connectivity index (χ1v) is 11.3. The highest BCUT2D eigenvalue weighted by molar-refractivity contribution is 8.18. The third-order valence-corrected chi connectivity index (χ3v) is 5.57. The SMILES string of the molecule is CCOc1cc(/C=C2/SC(=O)N(CCOC)C2=O)ccc1OCC(=O)Nc1cccc(Cl)c1. The number of hydrogen-bond donors (Lipinski definition) is 1. The van der Waals surface area contributed by atoms with Gasteiger partial charge in [-0.2, -0.15) is 0 Å². The lowest BCUT2D eigenvalue weighted by atomic mass is 10.2. The molecule has 2 aromatic rings. The maximum atomic E-state index is 12.5. The van der Waals surface area contributed by atoms with Crippen molar-refractivity contribution < 1.29 is 28.6 Å². The number of nitrogens with zero attached hydrogens (tertiary/aromatic N) is 1. The second-order valence-electron chi connectivity index (χ2n) is 6.81. The summed E-state index contributed by atoms with van der Waals surface area (Å²) < 4.78 is 16.2. The van der Waals surface area contributed by atoms with Crippen LogP contribution in [0.2, 0.25) is 5.02 Å². The number of imide groups is 1. The molecule has 1 fully saturated rings. The van der Waals surface area contributed by atoms with E-state index >= 15 is 0 Å². The van der Waals surface area contributed by atoms with Gasteiger partial charge in [-0.25, -0.2) is 0 Å². The summed E-state index contributed by atoms with van der Waals surface area (Å²) >= 11 is 6.80. The molecular weight excluding hydrogens is 468 g/mol. The Morgan fingerprint density at radius 3 is 2.70 bits per heavy atom. The quantitative estimate of drug-likeness (QED) is 0.492. The molecule has 0 saturated carbocycles. The lowest BCUT2D eigenvalue weighted by Gasteiger charge is -2.13.